The van der Waals surface area contributed by atoms with Crippen molar-refractivity contribution in [3.05, 3.63) is 110 Å². The van der Waals surface area contributed by atoms with Crippen LogP contribution in [0, 0.1) is 20.9 Å². The second-order valence-corrected chi connectivity index (χ2v) is 17.7. The number of rotatable bonds is 11. The van der Waals surface area contributed by atoms with Gasteiger partial charge in [0.2, 0.25) is 6.54 Å². The third kappa shape index (κ3) is 8.12. The van der Waals surface area contributed by atoms with Gasteiger partial charge in [0.25, 0.3) is 15.9 Å². The number of carbonyl (C=O) groups excluding carboxylic acids is 1. The highest BCUT2D eigenvalue weighted by atomic mass is 35.5. The number of nitrogens with one attached hydrogen (secondary N) is 2. The van der Waals surface area contributed by atoms with Crippen LogP contribution < -0.4 is 14.4 Å². The zero-order valence-electron chi connectivity index (χ0n) is 30.0. The van der Waals surface area contributed by atoms with Crippen molar-refractivity contribution in [1.29, 1.82) is 0 Å². The van der Waals surface area contributed by atoms with E-state index in [1.165, 1.54) is 29.8 Å². The highest BCUT2D eigenvalue weighted by Gasteiger charge is 2.48. The van der Waals surface area contributed by atoms with Gasteiger partial charge in [-0.3, -0.25) is 19.8 Å². The van der Waals surface area contributed by atoms with Crippen molar-refractivity contribution in [2.24, 2.45) is 10.8 Å². The molecule has 2 aromatic heterocycles. The molecular formula is C39H43ClN6O6S. The van der Waals surface area contributed by atoms with Gasteiger partial charge in [0.15, 0.2) is 0 Å². The molecule has 0 bridgehead atoms. The molecule has 1 spiro atoms. The number of sulfonamides is 1. The number of halogens is 1. The van der Waals surface area contributed by atoms with Crippen molar-refractivity contribution >= 4 is 49.8 Å². The molecule has 0 radical (unpaired) electrons. The number of carbonyl (C=O) groups is 1. The Morgan fingerprint density at radius 2 is 1.89 bits per heavy atom. The number of fused-ring (bicyclic) bond motifs is 1. The number of aromatic nitrogens is 2. The molecule has 7 rings (SSSR count). The quantitative estimate of drug-likeness (QED) is 0.118. The molecule has 53 heavy (non-hydrogen) atoms. The van der Waals surface area contributed by atoms with E-state index < -0.39 is 27.4 Å². The number of ether oxygens (including phenoxy) is 1. The summed E-state index contributed by atoms with van der Waals surface area (Å²) in [6.45, 7) is 9.84. The third-order valence-electron chi connectivity index (χ3n) is 10.7. The van der Waals surface area contributed by atoms with E-state index in [4.69, 9.17) is 16.3 Å². The number of allylic oxidation sites excluding steroid dienone is 2. The number of nitro groups is 1. The number of aromatic amines is 1. The topological polar surface area (TPSA) is 151 Å². The first-order valence-electron chi connectivity index (χ1n) is 17.7. The summed E-state index contributed by atoms with van der Waals surface area (Å²) in [5.74, 6) is -0.378. The van der Waals surface area contributed by atoms with E-state index >= 15 is 0 Å². The summed E-state index contributed by atoms with van der Waals surface area (Å²) in [6.07, 6.45) is 8.57. The van der Waals surface area contributed by atoms with E-state index in [1.807, 2.05) is 22.9 Å². The Balaban J connectivity index is 1.09. The average molecular weight is 759 g/mol. The summed E-state index contributed by atoms with van der Waals surface area (Å²) in [6, 6.07) is 17.0. The standard InChI is InChI=1S/C39H43ClN6O6S/c1-26(12-16-46(48)49)53(50,51)43-37(47)34-9-8-31(19-35(34)52-32-18-28-11-15-41-36(28)42-21-32)45-17-14-39(25-45)23-44(24-39)22-29-20-38(2,3)13-10-33(29)27-4-6-30(40)7-5-27/h4-9,11-12,15,18-19,21H,10,13-14,16-17,20,22-25H2,1-3H3,(H,41,42)(H,43,47)/b26-12+. The molecule has 1 aliphatic carbocycles. The smallest absolute Gasteiger partial charge is 0.268 e. The Bertz CT molecular complexity index is 2240. The number of hydrogen-bond donors (Lipinski definition) is 2. The summed E-state index contributed by atoms with van der Waals surface area (Å²) in [5.41, 5.74) is 6.17. The second-order valence-electron chi connectivity index (χ2n) is 15.4. The zero-order valence-corrected chi connectivity index (χ0v) is 31.6. The van der Waals surface area contributed by atoms with Crippen LogP contribution in [0.1, 0.15) is 62.4 Å². The van der Waals surface area contributed by atoms with Crippen LogP contribution in [0.2, 0.25) is 5.02 Å². The summed E-state index contributed by atoms with van der Waals surface area (Å²) in [7, 11) is -4.33. The van der Waals surface area contributed by atoms with Crippen molar-refractivity contribution in [3.8, 4) is 11.5 Å². The maximum Gasteiger partial charge on any atom is 0.268 e. The minimum atomic E-state index is -4.33. The molecule has 2 aliphatic heterocycles. The molecule has 2 aromatic carbocycles. The minimum Gasteiger partial charge on any atom is -0.455 e. The van der Waals surface area contributed by atoms with Crippen LogP contribution in [-0.2, 0) is 10.0 Å². The molecule has 2 saturated heterocycles. The first-order chi connectivity index (χ1) is 25.2. The van der Waals surface area contributed by atoms with Gasteiger partial charge in [0.1, 0.15) is 17.1 Å². The lowest BCUT2D eigenvalue weighted by molar-refractivity contribution is -0.468. The van der Waals surface area contributed by atoms with Gasteiger partial charge in [0.05, 0.1) is 16.7 Å². The molecule has 278 valence electrons. The predicted molar refractivity (Wildman–Crippen MR) is 206 cm³/mol. The fourth-order valence-corrected chi connectivity index (χ4v) is 8.85. The van der Waals surface area contributed by atoms with Crippen LogP contribution in [0.5, 0.6) is 11.5 Å². The van der Waals surface area contributed by atoms with Crippen LogP contribution in [0.3, 0.4) is 0 Å². The molecule has 2 fully saturated rings. The van der Waals surface area contributed by atoms with E-state index in [1.54, 1.807) is 30.5 Å². The molecule has 14 heteroatoms. The molecule has 4 heterocycles. The number of pyridine rings is 1. The van der Waals surface area contributed by atoms with Crippen LogP contribution >= 0.6 is 11.6 Å². The van der Waals surface area contributed by atoms with Crippen molar-refractivity contribution in [1.82, 2.24) is 19.6 Å². The summed E-state index contributed by atoms with van der Waals surface area (Å²) < 4.78 is 34.1. The fraction of sp³-hybridized carbons (Fsp3) is 0.385. The lowest BCUT2D eigenvalue weighted by Crippen LogP contribution is -2.58. The van der Waals surface area contributed by atoms with Gasteiger partial charge in [-0.1, -0.05) is 43.2 Å². The molecule has 3 aliphatic rings. The Hall–Kier alpha value is -4.72. The summed E-state index contributed by atoms with van der Waals surface area (Å²) in [5, 5.41) is 12.3. The number of anilines is 1. The van der Waals surface area contributed by atoms with E-state index in [0.717, 1.165) is 80.6 Å². The molecular weight excluding hydrogens is 716 g/mol. The van der Waals surface area contributed by atoms with Crippen LogP contribution in [0.4, 0.5) is 5.69 Å². The second kappa shape index (κ2) is 14.3. The maximum atomic E-state index is 13.5. The highest BCUT2D eigenvalue weighted by molar-refractivity contribution is 7.93. The van der Waals surface area contributed by atoms with Crippen molar-refractivity contribution < 1.29 is 22.9 Å². The Morgan fingerprint density at radius 3 is 2.64 bits per heavy atom. The first-order valence-corrected chi connectivity index (χ1v) is 19.6. The largest absolute Gasteiger partial charge is 0.455 e. The van der Waals surface area contributed by atoms with Gasteiger partial charge in [-0.05, 0) is 85.6 Å². The number of hydrogen-bond acceptors (Lipinski definition) is 9. The Morgan fingerprint density at radius 1 is 1.11 bits per heavy atom. The molecule has 0 atom stereocenters. The van der Waals surface area contributed by atoms with Gasteiger partial charge in [0, 0.05) is 77.5 Å². The minimum absolute atomic E-state index is 0.00234. The molecule has 1 amide bonds. The maximum absolute atomic E-state index is 13.5. The average Bonchev–Trinajstić information content (AvgIpc) is 3.75. The van der Waals surface area contributed by atoms with Gasteiger partial charge >= 0.3 is 0 Å². The van der Waals surface area contributed by atoms with Crippen molar-refractivity contribution in [2.45, 2.75) is 46.5 Å². The summed E-state index contributed by atoms with van der Waals surface area (Å²) in [4.78, 5) is 35.6. The zero-order chi connectivity index (χ0) is 37.5. The van der Waals surface area contributed by atoms with Crippen LogP contribution in [0.25, 0.3) is 16.6 Å². The van der Waals surface area contributed by atoms with Gasteiger partial charge in [-0.15, -0.1) is 0 Å². The first kappa shape index (κ1) is 36.6. The lowest BCUT2D eigenvalue weighted by Gasteiger charge is -2.49. The van der Waals surface area contributed by atoms with Crippen LogP contribution in [0.15, 0.2) is 83.5 Å². The fourth-order valence-electron chi connectivity index (χ4n) is 7.91. The number of nitrogens with zero attached hydrogens (tertiary/aromatic N) is 4. The van der Waals surface area contributed by atoms with Crippen molar-refractivity contribution in [2.75, 3.05) is 44.2 Å². The Labute approximate surface area is 314 Å². The van der Waals surface area contributed by atoms with Gasteiger partial charge < -0.3 is 14.6 Å². The van der Waals surface area contributed by atoms with Gasteiger partial charge in [-0.25, -0.2) is 18.1 Å². The SMILES string of the molecule is C/C(=C\C[N+](=O)[O-])S(=O)(=O)NC(=O)c1ccc(N2CCC3(CN(CC4=C(c5ccc(Cl)cc5)CCC(C)(C)C4)C3)C2)cc1Oc1cnc2[nH]ccc2c1. The normalized spacial score (nSPS) is 18.7. The lowest BCUT2D eigenvalue weighted by atomic mass is 9.72. The molecule has 0 unspecified atom stereocenters. The number of H-pyrrole nitrogens is 1. The predicted octanol–water partition coefficient (Wildman–Crippen LogP) is 7.42. The number of amides is 1. The monoisotopic (exact) mass is 758 g/mol. The highest BCUT2D eigenvalue weighted by Crippen LogP contribution is 2.46. The number of likely N-dealkylation sites (tertiary alicyclic amines) is 1. The number of benzene rings is 2. The van der Waals surface area contributed by atoms with Gasteiger partial charge in [-0.2, -0.15) is 0 Å². The van der Waals surface area contributed by atoms with E-state index in [2.05, 4.69) is 45.7 Å². The van der Waals surface area contributed by atoms with E-state index in [-0.39, 0.29) is 27.0 Å². The third-order valence-corrected chi connectivity index (χ3v) is 12.4. The van der Waals surface area contributed by atoms with E-state index in [9.17, 15) is 23.3 Å². The molecule has 12 nitrogen and oxygen atoms in total. The molecule has 4 aromatic rings. The Kier molecular flexibility index (Phi) is 9.85. The van der Waals surface area contributed by atoms with Crippen molar-refractivity contribution in [3.63, 3.8) is 0 Å². The molecule has 0 saturated carbocycles. The summed E-state index contributed by atoms with van der Waals surface area (Å²) >= 11 is 6.21. The molecule has 2 N–H and O–H groups in total. The van der Waals surface area contributed by atoms with E-state index in [0.29, 0.717) is 11.4 Å². The van der Waals surface area contributed by atoms with Crippen LogP contribution in [-0.4, -0.2) is 73.4 Å².